The Morgan fingerprint density at radius 2 is 1.69 bits per heavy atom. The fourth-order valence-electron chi connectivity index (χ4n) is 1.10. The first-order chi connectivity index (χ1) is 5.91. The minimum Gasteiger partial charge on any atom is -0.324 e. The van der Waals surface area contributed by atoms with Crippen LogP contribution in [0, 0.1) is 0 Å². The van der Waals surface area contributed by atoms with Crippen molar-refractivity contribution in [2.24, 2.45) is 11.5 Å². The Kier molecular flexibility index (Phi) is 2.96. The number of rotatable bonds is 2. The first-order valence-electron chi connectivity index (χ1n) is 4.21. The van der Waals surface area contributed by atoms with Gasteiger partial charge in [0.25, 0.3) is 0 Å². The standard InChI is InChI=1S/C10H15ClN2/c1-10(2,13)9(12)7-3-5-8(11)6-4-7/h3-6,9H,12-13H2,1-2H3. The van der Waals surface area contributed by atoms with Crippen LogP contribution in [0.3, 0.4) is 0 Å². The molecule has 4 N–H and O–H groups in total. The average molecular weight is 199 g/mol. The monoisotopic (exact) mass is 198 g/mol. The van der Waals surface area contributed by atoms with Crippen molar-refractivity contribution < 1.29 is 0 Å². The molecule has 1 aromatic rings. The summed E-state index contributed by atoms with van der Waals surface area (Å²) in [5.41, 5.74) is 12.4. The highest BCUT2D eigenvalue weighted by Crippen LogP contribution is 2.21. The number of hydrogen-bond donors (Lipinski definition) is 2. The number of nitrogens with two attached hydrogens (primary N) is 2. The van der Waals surface area contributed by atoms with Gasteiger partial charge in [-0.1, -0.05) is 23.7 Å². The Balaban J connectivity index is 2.90. The third-order valence-corrected chi connectivity index (χ3v) is 2.28. The lowest BCUT2D eigenvalue weighted by molar-refractivity contribution is 0.420. The zero-order valence-corrected chi connectivity index (χ0v) is 8.68. The summed E-state index contributed by atoms with van der Waals surface area (Å²) in [6.07, 6.45) is 0. The Morgan fingerprint density at radius 3 is 2.08 bits per heavy atom. The van der Waals surface area contributed by atoms with Gasteiger partial charge in [0, 0.05) is 16.6 Å². The Morgan fingerprint density at radius 1 is 1.23 bits per heavy atom. The highest BCUT2D eigenvalue weighted by molar-refractivity contribution is 6.30. The van der Waals surface area contributed by atoms with Gasteiger partial charge in [-0.15, -0.1) is 0 Å². The first kappa shape index (κ1) is 10.5. The molecule has 0 saturated carbocycles. The van der Waals surface area contributed by atoms with E-state index in [2.05, 4.69) is 0 Å². The second kappa shape index (κ2) is 3.66. The number of benzene rings is 1. The second-order valence-corrected chi connectivity index (χ2v) is 4.29. The maximum atomic E-state index is 5.95. The molecule has 0 heterocycles. The highest BCUT2D eigenvalue weighted by Gasteiger charge is 2.22. The predicted molar refractivity (Wildman–Crippen MR) is 56.6 cm³/mol. The van der Waals surface area contributed by atoms with Crippen LogP contribution in [0.15, 0.2) is 24.3 Å². The molecule has 3 heteroatoms. The van der Waals surface area contributed by atoms with E-state index < -0.39 is 5.54 Å². The van der Waals surface area contributed by atoms with Crippen LogP contribution < -0.4 is 11.5 Å². The summed E-state index contributed by atoms with van der Waals surface area (Å²) in [6, 6.07) is 7.29. The lowest BCUT2D eigenvalue weighted by Gasteiger charge is -2.27. The van der Waals surface area contributed by atoms with Crippen LogP contribution in [0.1, 0.15) is 25.5 Å². The van der Waals surface area contributed by atoms with E-state index in [-0.39, 0.29) is 6.04 Å². The van der Waals surface area contributed by atoms with E-state index in [0.717, 1.165) is 5.56 Å². The van der Waals surface area contributed by atoms with E-state index in [0.29, 0.717) is 5.02 Å². The topological polar surface area (TPSA) is 52.0 Å². The first-order valence-corrected chi connectivity index (χ1v) is 4.59. The summed E-state index contributed by atoms with van der Waals surface area (Å²) in [5.74, 6) is 0. The highest BCUT2D eigenvalue weighted by atomic mass is 35.5. The van der Waals surface area contributed by atoms with E-state index in [1.807, 2.05) is 38.1 Å². The fraction of sp³-hybridized carbons (Fsp3) is 0.400. The molecule has 1 aromatic carbocycles. The maximum Gasteiger partial charge on any atom is 0.0472 e. The SMILES string of the molecule is CC(C)(N)C(N)c1ccc(Cl)cc1. The van der Waals surface area contributed by atoms with Crippen molar-refractivity contribution in [2.75, 3.05) is 0 Å². The molecule has 0 aliphatic rings. The lowest BCUT2D eigenvalue weighted by atomic mass is 9.91. The molecule has 0 amide bonds. The number of halogens is 1. The van der Waals surface area contributed by atoms with E-state index in [4.69, 9.17) is 23.1 Å². The summed E-state index contributed by atoms with van der Waals surface area (Å²) in [6.45, 7) is 3.82. The molecule has 0 aliphatic heterocycles. The van der Waals surface area contributed by atoms with E-state index in [9.17, 15) is 0 Å². The molecule has 13 heavy (non-hydrogen) atoms. The van der Waals surface area contributed by atoms with Gasteiger partial charge in [0.05, 0.1) is 0 Å². The molecule has 0 spiro atoms. The minimum atomic E-state index is -0.409. The summed E-state index contributed by atoms with van der Waals surface area (Å²) in [4.78, 5) is 0. The van der Waals surface area contributed by atoms with Crippen molar-refractivity contribution >= 4 is 11.6 Å². The van der Waals surface area contributed by atoms with Crippen molar-refractivity contribution in [2.45, 2.75) is 25.4 Å². The molecule has 0 saturated heterocycles. The molecule has 2 nitrogen and oxygen atoms in total. The molecular formula is C10H15ClN2. The molecule has 1 atom stereocenters. The van der Waals surface area contributed by atoms with Crippen molar-refractivity contribution in [3.63, 3.8) is 0 Å². The van der Waals surface area contributed by atoms with Gasteiger partial charge >= 0.3 is 0 Å². The average Bonchev–Trinajstić information content (AvgIpc) is 2.03. The summed E-state index contributed by atoms with van der Waals surface area (Å²) in [5, 5.41) is 0.714. The van der Waals surface area contributed by atoms with Gasteiger partial charge in [-0.2, -0.15) is 0 Å². The molecule has 0 bridgehead atoms. The molecule has 72 valence electrons. The zero-order chi connectivity index (χ0) is 10.1. The Bertz CT molecular complexity index is 274. The molecular weight excluding hydrogens is 184 g/mol. The van der Waals surface area contributed by atoms with Crippen LogP contribution >= 0.6 is 11.6 Å². The molecule has 0 fully saturated rings. The summed E-state index contributed by atoms with van der Waals surface area (Å²) < 4.78 is 0. The van der Waals surface area contributed by atoms with Gasteiger partial charge in [0.15, 0.2) is 0 Å². The molecule has 1 rings (SSSR count). The minimum absolute atomic E-state index is 0.162. The van der Waals surface area contributed by atoms with Crippen molar-refractivity contribution in [3.05, 3.63) is 34.9 Å². The smallest absolute Gasteiger partial charge is 0.0472 e. The van der Waals surface area contributed by atoms with E-state index in [1.54, 1.807) is 0 Å². The molecule has 0 radical (unpaired) electrons. The third kappa shape index (κ3) is 2.69. The van der Waals surface area contributed by atoms with Crippen LogP contribution in [0.5, 0.6) is 0 Å². The third-order valence-electron chi connectivity index (χ3n) is 2.03. The van der Waals surface area contributed by atoms with Gasteiger partial charge in [0.1, 0.15) is 0 Å². The predicted octanol–water partition coefficient (Wildman–Crippen LogP) is 2.08. The van der Waals surface area contributed by atoms with Gasteiger partial charge < -0.3 is 11.5 Å². The van der Waals surface area contributed by atoms with Gasteiger partial charge in [0.2, 0.25) is 0 Å². The number of hydrogen-bond acceptors (Lipinski definition) is 2. The Hall–Kier alpha value is -0.570. The van der Waals surface area contributed by atoms with Crippen molar-refractivity contribution in [3.8, 4) is 0 Å². The van der Waals surface area contributed by atoms with Crippen molar-refractivity contribution in [1.29, 1.82) is 0 Å². The van der Waals surface area contributed by atoms with E-state index >= 15 is 0 Å². The van der Waals surface area contributed by atoms with Crippen molar-refractivity contribution in [1.82, 2.24) is 0 Å². The molecule has 0 aromatic heterocycles. The lowest BCUT2D eigenvalue weighted by Crippen LogP contribution is -2.43. The summed E-state index contributed by atoms with van der Waals surface area (Å²) >= 11 is 5.76. The van der Waals surface area contributed by atoms with Crippen LogP contribution in [-0.2, 0) is 0 Å². The van der Waals surface area contributed by atoms with Gasteiger partial charge in [-0.05, 0) is 31.5 Å². The Labute approximate surface area is 83.9 Å². The van der Waals surface area contributed by atoms with Gasteiger partial charge in [-0.25, -0.2) is 0 Å². The van der Waals surface area contributed by atoms with Crippen LogP contribution in [-0.4, -0.2) is 5.54 Å². The largest absolute Gasteiger partial charge is 0.324 e. The maximum absolute atomic E-state index is 5.95. The van der Waals surface area contributed by atoms with Crippen LogP contribution in [0.4, 0.5) is 0 Å². The van der Waals surface area contributed by atoms with Crippen LogP contribution in [0.25, 0.3) is 0 Å². The normalized spacial score (nSPS) is 14.2. The quantitative estimate of drug-likeness (QED) is 0.765. The van der Waals surface area contributed by atoms with Gasteiger partial charge in [-0.3, -0.25) is 0 Å². The van der Waals surface area contributed by atoms with Crippen LogP contribution in [0.2, 0.25) is 5.02 Å². The fourth-order valence-corrected chi connectivity index (χ4v) is 1.23. The van der Waals surface area contributed by atoms with E-state index in [1.165, 1.54) is 0 Å². The summed E-state index contributed by atoms with van der Waals surface area (Å²) in [7, 11) is 0. The zero-order valence-electron chi connectivity index (χ0n) is 7.92. The molecule has 1 unspecified atom stereocenters. The second-order valence-electron chi connectivity index (χ2n) is 3.85. The molecule has 0 aliphatic carbocycles.